The summed E-state index contributed by atoms with van der Waals surface area (Å²) in [6.45, 7) is 5.15. The van der Waals surface area contributed by atoms with Gasteiger partial charge in [0.25, 0.3) is 0 Å². The van der Waals surface area contributed by atoms with E-state index >= 15 is 0 Å². The van der Waals surface area contributed by atoms with Crippen molar-refractivity contribution in [2.75, 3.05) is 13.1 Å². The Bertz CT molecular complexity index is 213. The van der Waals surface area contributed by atoms with Crippen LogP contribution in [0.3, 0.4) is 0 Å². The van der Waals surface area contributed by atoms with E-state index in [1.165, 1.54) is 0 Å². The lowest BCUT2D eigenvalue weighted by atomic mass is 9.85. The summed E-state index contributed by atoms with van der Waals surface area (Å²) in [7, 11) is 0. The molecule has 1 rings (SSSR count). The average molecular weight is 166 g/mol. The van der Waals surface area contributed by atoms with Gasteiger partial charge in [-0.25, -0.2) is 0 Å². The SMILES string of the molecule is CCC(C#N)C1CN(C(C)=O)C1. The Morgan fingerprint density at radius 2 is 2.33 bits per heavy atom. The monoisotopic (exact) mass is 166 g/mol. The minimum absolute atomic E-state index is 0.124. The molecule has 0 aliphatic carbocycles. The van der Waals surface area contributed by atoms with Gasteiger partial charge in [0.1, 0.15) is 0 Å². The van der Waals surface area contributed by atoms with Crippen LogP contribution in [0.2, 0.25) is 0 Å². The summed E-state index contributed by atoms with van der Waals surface area (Å²) in [5.41, 5.74) is 0. The maximum Gasteiger partial charge on any atom is 0.219 e. The number of hydrogen-bond acceptors (Lipinski definition) is 2. The molecule has 12 heavy (non-hydrogen) atoms. The van der Waals surface area contributed by atoms with Crippen LogP contribution < -0.4 is 0 Å². The van der Waals surface area contributed by atoms with Crippen LogP contribution in [0.5, 0.6) is 0 Å². The molecule has 1 heterocycles. The fraction of sp³-hybridized carbons (Fsp3) is 0.778. The van der Waals surface area contributed by atoms with Gasteiger partial charge in [-0.3, -0.25) is 4.79 Å². The molecule has 0 aromatic heterocycles. The standard InChI is InChI=1S/C9H14N2O/c1-3-8(4-10)9-5-11(6-9)7(2)12/h8-9H,3,5-6H2,1-2H3. The molecule has 0 aromatic carbocycles. The zero-order chi connectivity index (χ0) is 9.14. The van der Waals surface area contributed by atoms with Crippen LogP contribution in [0, 0.1) is 23.2 Å². The number of rotatable bonds is 2. The van der Waals surface area contributed by atoms with Gasteiger partial charge in [0.2, 0.25) is 5.91 Å². The van der Waals surface area contributed by atoms with E-state index in [4.69, 9.17) is 5.26 Å². The minimum Gasteiger partial charge on any atom is -0.342 e. The van der Waals surface area contributed by atoms with Gasteiger partial charge in [-0.15, -0.1) is 0 Å². The second-order valence-corrected chi connectivity index (χ2v) is 3.33. The third-order valence-corrected chi connectivity index (χ3v) is 2.53. The van der Waals surface area contributed by atoms with Gasteiger partial charge in [-0.05, 0) is 6.42 Å². The van der Waals surface area contributed by atoms with Crippen molar-refractivity contribution in [1.82, 2.24) is 4.90 Å². The van der Waals surface area contributed by atoms with E-state index in [0.717, 1.165) is 19.5 Å². The number of nitrogens with zero attached hydrogens (tertiary/aromatic N) is 2. The van der Waals surface area contributed by atoms with E-state index in [0.29, 0.717) is 5.92 Å². The van der Waals surface area contributed by atoms with E-state index < -0.39 is 0 Å². The second-order valence-electron chi connectivity index (χ2n) is 3.33. The summed E-state index contributed by atoms with van der Waals surface area (Å²) >= 11 is 0. The van der Waals surface area contributed by atoms with E-state index in [9.17, 15) is 4.79 Å². The van der Waals surface area contributed by atoms with Gasteiger partial charge in [-0.1, -0.05) is 6.92 Å². The highest BCUT2D eigenvalue weighted by molar-refractivity contribution is 5.74. The predicted molar refractivity (Wildman–Crippen MR) is 45.1 cm³/mol. The van der Waals surface area contributed by atoms with Gasteiger partial charge in [0.05, 0.1) is 12.0 Å². The molecule has 0 radical (unpaired) electrons. The highest BCUT2D eigenvalue weighted by Gasteiger charge is 2.33. The van der Waals surface area contributed by atoms with Crippen LogP contribution in [0.15, 0.2) is 0 Å². The van der Waals surface area contributed by atoms with E-state index in [2.05, 4.69) is 6.07 Å². The van der Waals surface area contributed by atoms with Crippen molar-refractivity contribution in [3.63, 3.8) is 0 Å². The molecular weight excluding hydrogens is 152 g/mol. The number of nitriles is 1. The fourth-order valence-electron chi connectivity index (χ4n) is 1.55. The first-order chi connectivity index (χ1) is 5.69. The first kappa shape index (κ1) is 9.05. The van der Waals surface area contributed by atoms with Crippen LogP contribution >= 0.6 is 0 Å². The van der Waals surface area contributed by atoms with Crippen LogP contribution in [0.25, 0.3) is 0 Å². The molecular formula is C9H14N2O. The normalized spacial score (nSPS) is 19.6. The lowest BCUT2D eigenvalue weighted by molar-refractivity contribution is -0.135. The number of likely N-dealkylation sites (tertiary alicyclic amines) is 1. The first-order valence-corrected chi connectivity index (χ1v) is 4.34. The van der Waals surface area contributed by atoms with Gasteiger partial charge < -0.3 is 4.90 Å². The van der Waals surface area contributed by atoms with Crippen molar-refractivity contribution in [2.24, 2.45) is 11.8 Å². The molecule has 0 N–H and O–H groups in total. The summed E-state index contributed by atoms with van der Waals surface area (Å²) in [4.78, 5) is 12.6. The Balaban J connectivity index is 2.34. The fourth-order valence-corrected chi connectivity index (χ4v) is 1.55. The molecule has 66 valence electrons. The first-order valence-electron chi connectivity index (χ1n) is 4.34. The molecule has 0 saturated carbocycles. The molecule has 1 amide bonds. The van der Waals surface area contributed by atoms with E-state index in [1.807, 2.05) is 6.92 Å². The molecule has 3 heteroatoms. The Kier molecular flexibility index (Phi) is 2.69. The van der Waals surface area contributed by atoms with Crippen molar-refractivity contribution < 1.29 is 4.79 Å². The van der Waals surface area contributed by atoms with Crippen molar-refractivity contribution >= 4 is 5.91 Å². The van der Waals surface area contributed by atoms with Crippen molar-refractivity contribution in [3.8, 4) is 6.07 Å². The summed E-state index contributed by atoms with van der Waals surface area (Å²) in [6, 6.07) is 2.28. The lowest BCUT2D eigenvalue weighted by Crippen LogP contribution is -2.51. The Morgan fingerprint density at radius 1 is 1.75 bits per heavy atom. The number of amides is 1. The second kappa shape index (κ2) is 3.57. The van der Waals surface area contributed by atoms with Crippen LogP contribution in [0.1, 0.15) is 20.3 Å². The zero-order valence-corrected chi connectivity index (χ0v) is 7.58. The quantitative estimate of drug-likeness (QED) is 0.614. The molecule has 1 aliphatic heterocycles. The summed E-state index contributed by atoms with van der Waals surface area (Å²) < 4.78 is 0. The van der Waals surface area contributed by atoms with Crippen molar-refractivity contribution in [1.29, 1.82) is 5.26 Å². The van der Waals surface area contributed by atoms with Crippen LogP contribution in [0.4, 0.5) is 0 Å². The topological polar surface area (TPSA) is 44.1 Å². The predicted octanol–water partition coefficient (Wildman–Crippen LogP) is 1.01. The molecule has 1 fully saturated rings. The van der Waals surface area contributed by atoms with Gasteiger partial charge >= 0.3 is 0 Å². The summed E-state index contributed by atoms with van der Waals surface area (Å²) in [5, 5.41) is 8.73. The van der Waals surface area contributed by atoms with Crippen LogP contribution in [-0.4, -0.2) is 23.9 Å². The molecule has 0 spiro atoms. The number of carbonyl (C=O) groups is 1. The number of carbonyl (C=O) groups excluding carboxylic acids is 1. The minimum atomic E-state index is 0.124. The van der Waals surface area contributed by atoms with Gasteiger partial charge in [0.15, 0.2) is 0 Å². The Hall–Kier alpha value is -1.04. The van der Waals surface area contributed by atoms with Crippen molar-refractivity contribution in [3.05, 3.63) is 0 Å². The van der Waals surface area contributed by atoms with E-state index in [-0.39, 0.29) is 11.8 Å². The van der Waals surface area contributed by atoms with Gasteiger partial charge in [0, 0.05) is 25.9 Å². The molecule has 3 nitrogen and oxygen atoms in total. The zero-order valence-electron chi connectivity index (χ0n) is 7.58. The van der Waals surface area contributed by atoms with E-state index in [1.54, 1.807) is 11.8 Å². The maximum atomic E-state index is 10.8. The maximum absolute atomic E-state index is 10.8. The van der Waals surface area contributed by atoms with Crippen molar-refractivity contribution in [2.45, 2.75) is 20.3 Å². The molecule has 1 aliphatic rings. The smallest absolute Gasteiger partial charge is 0.219 e. The molecule has 1 unspecified atom stereocenters. The largest absolute Gasteiger partial charge is 0.342 e. The molecule has 1 atom stereocenters. The van der Waals surface area contributed by atoms with Gasteiger partial charge in [-0.2, -0.15) is 5.26 Å². The average Bonchev–Trinajstić information content (AvgIpc) is 1.94. The highest BCUT2D eigenvalue weighted by atomic mass is 16.2. The van der Waals surface area contributed by atoms with Crippen LogP contribution in [-0.2, 0) is 4.79 Å². The molecule has 0 aromatic rings. The Labute approximate surface area is 73.0 Å². The highest BCUT2D eigenvalue weighted by Crippen LogP contribution is 2.25. The number of hydrogen-bond donors (Lipinski definition) is 0. The summed E-state index contributed by atoms with van der Waals surface area (Å²) in [6.07, 6.45) is 0.896. The Morgan fingerprint density at radius 3 is 2.67 bits per heavy atom. The molecule has 0 bridgehead atoms. The summed E-state index contributed by atoms with van der Waals surface area (Å²) in [5.74, 6) is 0.684. The third kappa shape index (κ3) is 1.58. The lowest BCUT2D eigenvalue weighted by Gasteiger charge is -2.40. The molecule has 1 saturated heterocycles. The third-order valence-electron chi connectivity index (χ3n) is 2.53.